The lowest BCUT2D eigenvalue weighted by Gasteiger charge is -2.18. The first-order valence-corrected chi connectivity index (χ1v) is 7.68. The molecule has 1 saturated carbocycles. The van der Waals surface area contributed by atoms with Crippen molar-refractivity contribution in [2.45, 2.75) is 39.2 Å². The van der Waals surface area contributed by atoms with Gasteiger partial charge in [0.2, 0.25) is 5.91 Å². The minimum Gasteiger partial charge on any atom is -0.488 e. The van der Waals surface area contributed by atoms with Crippen molar-refractivity contribution in [2.24, 2.45) is 11.8 Å². The summed E-state index contributed by atoms with van der Waals surface area (Å²) >= 11 is 0. The maximum Gasteiger partial charge on any atom is 0.223 e. The summed E-state index contributed by atoms with van der Waals surface area (Å²) in [6, 6.07) is 5.99. The maximum absolute atomic E-state index is 11.7. The smallest absolute Gasteiger partial charge is 0.223 e. The number of amides is 1. The minimum absolute atomic E-state index is 0.154. The van der Waals surface area contributed by atoms with Crippen LogP contribution in [-0.4, -0.2) is 24.7 Å². The zero-order valence-electron chi connectivity index (χ0n) is 12.9. The van der Waals surface area contributed by atoms with Crippen LogP contribution in [0.4, 0.5) is 0 Å². The van der Waals surface area contributed by atoms with Gasteiger partial charge in [0.15, 0.2) is 11.5 Å². The Labute approximate surface area is 125 Å². The molecule has 114 valence electrons. The molecule has 1 aromatic rings. The highest BCUT2D eigenvalue weighted by Gasteiger charge is 2.38. The largest absolute Gasteiger partial charge is 0.488 e. The molecule has 21 heavy (non-hydrogen) atoms. The third kappa shape index (κ3) is 3.14. The summed E-state index contributed by atoms with van der Waals surface area (Å²) in [5, 5.41) is 2.92. The molecule has 4 heteroatoms. The minimum atomic E-state index is -0.169. The fraction of sp³-hybridized carbons (Fsp3) is 0.588. The van der Waals surface area contributed by atoms with Gasteiger partial charge in [0.25, 0.3) is 0 Å². The molecular formula is C17H23NO3. The second-order valence-electron chi connectivity index (χ2n) is 6.74. The molecule has 0 unspecified atom stereocenters. The Bertz CT molecular complexity index is 553. The van der Waals surface area contributed by atoms with Crippen LogP contribution in [0.25, 0.3) is 0 Å². The van der Waals surface area contributed by atoms with Gasteiger partial charge in [0, 0.05) is 17.9 Å². The first-order valence-electron chi connectivity index (χ1n) is 7.68. The van der Waals surface area contributed by atoms with Gasteiger partial charge >= 0.3 is 0 Å². The third-order valence-electron chi connectivity index (χ3n) is 4.16. The number of benzene rings is 1. The first-order chi connectivity index (χ1) is 9.96. The lowest BCUT2D eigenvalue weighted by Crippen LogP contribution is -2.29. The third-order valence-corrected chi connectivity index (χ3v) is 4.16. The highest BCUT2D eigenvalue weighted by molar-refractivity contribution is 5.81. The predicted molar refractivity (Wildman–Crippen MR) is 80.6 cm³/mol. The van der Waals surface area contributed by atoms with Gasteiger partial charge in [0.1, 0.15) is 12.2 Å². The van der Waals surface area contributed by atoms with Gasteiger partial charge < -0.3 is 14.8 Å². The van der Waals surface area contributed by atoms with Crippen LogP contribution >= 0.6 is 0 Å². The second kappa shape index (κ2) is 5.24. The van der Waals surface area contributed by atoms with Crippen LogP contribution in [0.1, 0.15) is 32.8 Å². The van der Waals surface area contributed by atoms with Gasteiger partial charge in [-0.2, -0.15) is 0 Å². The molecule has 0 saturated heterocycles. The number of ether oxygens (including phenoxy) is 2. The van der Waals surface area contributed by atoms with Crippen molar-refractivity contribution in [3.05, 3.63) is 23.8 Å². The van der Waals surface area contributed by atoms with Crippen LogP contribution in [0.2, 0.25) is 0 Å². The molecule has 1 aromatic carbocycles. The summed E-state index contributed by atoms with van der Waals surface area (Å²) in [6.45, 7) is 7.26. The van der Waals surface area contributed by atoms with E-state index in [0.717, 1.165) is 24.3 Å². The van der Waals surface area contributed by atoms with Crippen LogP contribution in [0.15, 0.2) is 18.2 Å². The van der Waals surface area contributed by atoms with E-state index in [0.29, 0.717) is 19.1 Å². The van der Waals surface area contributed by atoms with E-state index in [1.54, 1.807) is 0 Å². The highest BCUT2D eigenvalue weighted by atomic mass is 16.5. The normalized spacial score (nSPS) is 24.9. The number of fused-ring (bicyclic) bond motifs is 1. The summed E-state index contributed by atoms with van der Waals surface area (Å²) in [7, 11) is 0. The van der Waals surface area contributed by atoms with E-state index >= 15 is 0 Å². The summed E-state index contributed by atoms with van der Waals surface area (Å²) in [4.78, 5) is 11.7. The van der Waals surface area contributed by atoms with Crippen LogP contribution in [0.5, 0.6) is 11.5 Å². The summed E-state index contributed by atoms with van der Waals surface area (Å²) in [6.07, 6.45) is 1.91. The molecule has 1 amide bonds. The van der Waals surface area contributed by atoms with Gasteiger partial charge in [-0.15, -0.1) is 0 Å². The SMILES string of the molecule is C[C@H]1C[C@H]1C(=O)NCCOc1cccc2c1OC(C)(C)C2. The Balaban J connectivity index is 1.50. The molecule has 0 spiro atoms. The van der Waals surface area contributed by atoms with Crippen LogP contribution in [-0.2, 0) is 11.2 Å². The number of para-hydroxylation sites is 1. The van der Waals surface area contributed by atoms with E-state index in [9.17, 15) is 4.79 Å². The summed E-state index contributed by atoms with van der Waals surface area (Å²) in [5.41, 5.74) is 1.02. The molecule has 1 heterocycles. The predicted octanol–water partition coefficient (Wildman–Crippen LogP) is 2.55. The highest BCUT2D eigenvalue weighted by Crippen LogP contribution is 2.41. The number of nitrogens with one attached hydrogen (secondary N) is 1. The van der Waals surface area contributed by atoms with E-state index in [1.165, 1.54) is 5.56 Å². The molecular weight excluding hydrogens is 266 g/mol. The van der Waals surface area contributed by atoms with Crippen LogP contribution in [0, 0.1) is 11.8 Å². The molecule has 0 aromatic heterocycles. The van der Waals surface area contributed by atoms with Gasteiger partial charge in [0.05, 0.1) is 6.54 Å². The number of rotatable bonds is 5. The van der Waals surface area contributed by atoms with Crippen molar-refractivity contribution in [1.29, 1.82) is 0 Å². The Morgan fingerprint density at radius 2 is 2.24 bits per heavy atom. The molecule has 4 nitrogen and oxygen atoms in total. The lowest BCUT2D eigenvalue weighted by molar-refractivity contribution is -0.122. The van der Waals surface area contributed by atoms with Crippen molar-refractivity contribution < 1.29 is 14.3 Å². The van der Waals surface area contributed by atoms with E-state index in [1.807, 2.05) is 12.1 Å². The zero-order valence-corrected chi connectivity index (χ0v) is 12.9. The van der Waals surface area contributed by atoms with Crippen LogP contribution < -0.4 is 14.8 Å². The molecule has 2 atom stereocenters. The van der Waals surface area contributed by atoms with Crippen molar-refractivity contribution >= 4 is 5.91 Å². The molecule has 1 N–H and O–H groups in total. The van der Waals surface area contributed by atoms with Crippen LogP contribution in [0.3, 0.4) is 0 Å². The first kappa shape index (κ1) is 14.2. The maximum atomic E-state index is 11.7. The number of carbonyl (C=O) groups excluding carboxylic acids is 1. The monoisotopic (exact) mass is 289 g/mol. The Morgan fingerprint density at radius 3 is 2.95 bits per heavy atom. The quantitative estimate of drug-likeness (QED) is 0.847. The van der Waals surface area contributed by atoms with Crippen molar-refractivity contribution in [1.82, 2.24) is 5.32 Å². The Kier molecular flexibility index (Phi) is 3.56. The van der Waals surface area contributed by atoms with Crippen molar-refractivity contribution in [2.75, 3.05) is 13.2 Å². The Morgan fingerprint density at radius 1 is 1.48 bits per heavy atom. The van der Waals surface area contributed by atoms with Gasteiger partial charge in [-0.25, -0.2) is 0 Å². The molecule has 1 fully saturated rings. The van der Waals surface area contributed by atoms with Crippen molar-refractivity contribution in [3.63, 3.8) is 0 Å². The van der Waals surface area contributed by atoms with E-state index in [-0.39, 0.29) is 17.4 Å². The second-order valence-corrected chi connectivity index (χ2v) is 6.74. The lowest BCUT2D eigenvalue weighted by atomic mass is 10.0. The van der Waals surface area contributed by atoms with E-state index in [2.05, 4.69) is 32.2 Å². The number of carbonyl (C=O) groups is 1. The van der Waals surface area contributed by atoms with Gasteiger partial charge in [-0.1, -0.05) is 19.1 Å². The molecule has 0 radical (unpaired) electrons. The topological polar surface area (TPSA) is 47.6 Å². The Hall–Kier alpha value is -1.71. The standard InChI is InChI=1S/C17H23NO3/c1-11-9-13(11)16(19)18-7-8-20-14-6-4-5-12-10-17(2,3)21-15(12)14/h4-6,11,13H,7-10H2,1-3H3,(H,18,19)/t11-,13+/m0/s1. The molecule has 1 aliphatic heterocycles. The summed E-state index contributed by atoms with van der Waals surface area (Å²) in [5.74, 6) is 2.53. The summed E-state index contributed by atoms with van der Waals surface area (Å²) < 4.78 is 11.7. The zero-order chi connectivity index (χ0) is 15.0. The average molecular weight is 289 g/mol. The van der Waals surface area contributed by atoms with Crippen molar-refractivity contribution in [3.8, 4) is 11.5 Å². The fourth-order valence-electron chi connectivity index (χ4n) is 2.85. The molecule has 0 bridgehead atoms. The molecule has 2 aliphatic rings. The number of hydrogen-bond donors (Lipinski definition) is 1. The average Bonchev–Trinajstić information content (AvgIpc) is 3.05. The van der Waals surface area contributed by atoms with Gasteiger partial charge in [-0.05, 0) is 32.3 Å². The molecule has 3 rings (SSSR count). The van der Waals surface area contributed by atoms with Gasteiger partial charge in [-0.3, -0.25) is 4.79 Å². The fourth-order valence-corrected chi connectivity index (χ4v) is 2.85. The molecule has 1 aliphatic carbocycles. The van der Waals surface area contributed by atoms with E-state index in [4.69, 9.17) is 9.47 Å². The number of hydrogen-bond acceptors (Lipinski definition) is 3. The van der Waals surface area contributed by atoms with E-state index < -0.39 is 0 Å².